The number of phenols is 1. The van der Waals surface area contributed by atoms with E-state index in [0.717, 1.165) is 85.6 Å². The number of fused-ring (bicyclic) bond motifs is 8. The number of hydrogen-bond acceptors (Lipinski definition) is 6. The van der Waals surface area contributed by atoms with E-state index in [1.54, 1.807) is 13.2 Å². The molecule has 0 radical (unpaired) electrons. The van der Waals surface area contributed by atoms with E-state index < -0.39 is 0 Å². The van der Waals surface area contributed by atoms with Crippen molar-refractivity contribution in [2.45, 2.75) is 122 Å². The highest BCUT2D eigenvalue weighted by Gasteiger charge is 2.36. The summed E-state index contributed by atoms with van der Waals surface area (Å²) in [4.78, 5) is 18.2. The molecule has 0 aliphatic heterocycles. The maximum absolute atomic E-state index is 13.4. The molecule has 0 heterocycles. The van der Waals surface area contributed by atoms with Gasteiger partial charge >= 0.3 is 0 Å². The van der Waals surface area contributed by atoms with E-state index in [0.29, 0.717) is 44.0 Å². The van der Waals surface area contributed by atoms with Gasteiger partial charge < -0.3 is 31.2 Å². The molecule has 2 bridgehead atoms. The van der Waals surface area contributed by atoms with Crippen molar-refractivity contribution in [1.82, 2.24) is 0 Å². The number of guanidine groups is 1. The normalized spacial score (nSPS) is 24.6. The largest absolute Gasteiger partial charge is 0.504 e. The quantitative estimate of drug-likeness (QED) is 0.0688. The molecule has 8 heteroatoms. The lowest BCUT2D eigenvalue weighted by atomic mass is 9.73. The van der Waals surface area contributed by atoms with Gasteiger partial charge in [-0.2, -0.15) is 0 Å². The first-order chi connectivity index (χ1) is 26.2. The van der Waals surface area contributed by atoms with E-state index in [1.807, 2.05) is 31.2 Å². The van der Waals surface area contributed by atoms with Crippen molar-refractivity contribution < 1.29 is 24.5 Å². The van der Waals surface area contributed by atoms with E-state index in [2.05, 4.69) is 42.7 Å². The maximum atomic E-state index is 13.4. The summed E-state index contributed by atoms with van der Waals surface area (Å²) in [5, 5.41) is 22.3. The van der Waals surface area contributed by atoms with Gasteiger partial charge in [0, 0.05) is 43.6 Å². The second kappa shape index (κ2) is 20.4. The molecule has 0 spiro atoms. The summed E-state index contributed by atoms with van der Waals surface area (Å²) in [6.07, 6.45) is 12.5. The fourth-order valence-electron chi connectivity index (χ4n) is 8.60. The van der Waals surface area contributed by atoms with Crippen molar-refractivity contribution in [3.63, 3.8) is 0 Å². The Hall–Kier alpha value is -4.24. The molecule has 6 N–H and O–H groups in total. The smallest absolute Gasteiger partial charge is 0.186 e. The van der Waals surface area contributed by atoms with Crippen molar-refractivity contribution in [3.8, 4) is 35.2 Å². The number of ketones is 1. The standard InChI is InChI=1S/C46H61N3O5/c1-4-11-33(29-50)27-37(51)21-19-35-28-43(54-38-16-8-9-17-38)45(52)44-40(35)24-23-39-34(26-32-13-6-5-7-14-32)15-10-12-31(2)18-22-41(44)36(30-53-3)20-25-42(39)49-46(47)48/h5-7,13-14,27-28,31,34,36,38-39,41-42,50,52H,4,8-9,11-12,16-22,25-26,29-30H2,1-3H3,(H4,47,48,49). The Morgan fingerprint density at radius 3 is 2.52 bits per heavy atom. The van der Waals surface area contributed by atoms with Crippen molar-refractivity contribution in [1.29, 1.82) is 0 Å². The number of hydrogen-bond donors (Lipinski definition) is 4. The van der Waals surface area contributed by atoms with E-state index in [9.17, 15) is 15.0 Å². The number of benzene rings is 2. The number of aliphatic imine (C=N–C) groups is 1. The Labute approximate surface area is 323 Å². The van der Waals surface area contributed by atoms with Gasteiger partial charge in [-0.3, -0.25) is 4.79 Å². The molecule has 0 saturated heterocycles. The zero-order valence-corrected chi connectivity index (χ0v) is 32.6. The van der Waals surface area contributed by atoms with Crippen LogP contribution in [0.15, 0.2) is 53.0 Å². The molecule has 290 valence electrons. The van der Waals surface area contributed by atoms with Crippen LogP contribution in [0.2, 0.25) is 0 Å². The lowest BCUT2D eigenvalue weighted by molar-refractivity contribution is -0.114. The summed E-state index contributed by atoms with van der Waals surface area (Å²) in [6, 6.07) is 12.0. The van der Waals surface area contributed by atoms with Crippen molar-refractivity contribution in [3.05, 3.63) is 70.3 Å². The number of nitrogens with two attached hydrogens (primary N) is 2. The SMILES string of the molecule is CCCC(=CC(=O)CCc1cc(OC2CCCC2)c(O)c2c1C#CC1C(Cc3ccccc3)C#CCC(C)CCC2C(COC)CCC1N=C(N)N)CO. The Balaban J connectivity index is 1.75. The molecule has 6 unspecified atom stereocenters. The minimum Gasteiger partial charge on any atom is -0.504 e. The molecule has 2 aromatic rings. The molecule has 8 nitrogen and oxygen atoms in total. The number of carbonyl (C=O) groups excluding carboxylic acids is 1. The number of nitrogens with zero attached hydrogens (tertiary/aromatic N) is 1. The van der Waals surface area contributed by atoms with E-state index in [-0.39, 0.29) is 66.3 Å². The van der Waals surface area contributed by atoms with E-state index >= 15 is 0 Å². The molecule has 6 rings (SSSR count). The van der Waals surface area contributed by atoms with Crippen LogP contribution in [0.1, 0.15) is 119 Å². The molecule has 2 aromatic carbocycles. The first-order valence-corrected chi connectivity index (χ1v) is 20.2. The molecular formula is C46H61N3O5. The maximum Gasteiger partial charge on any atom is 0.186 e. The number of ether oxygens (including phenoxy) is 2. The number of methoxy groups -OCH3 is 1. The zero-order chi connectivity index (χ0) is 38.5. The number of aryl methyl sites for hydroxylation is 1. The molecule has 0 aromatic heterocycles. The molecule has 6 atom stereocenters. The van der Waals surface area contributed by atoms with Gasteiger partial charge in [0.25, 0.3) is 0 Å². The van der Waals surface area contributed by atoms with Gasteiger partial charge in [0.15, 0.2) is 23.2 Å². The fraction of sp³-hybridized carbons (Fsp3) is 0.565. The van der Waals surface area contributed by atoms with Gasteiger partial charge in [0.05, 0.1) is 24.7 Å². The van der Waals surface area contributed by atoms with Crippen LogP contribution < -0.4 is 16.2 Å². The average Bonchev–Trinajstić information content (AvgIpc) is 3.67. The highest BCUT2D eigenvalue weighted by atomic mass is 16.5. The minimum atomic E-state index is -0.321. The molecule has 1 fully saturated rings. The third-order valence-corrected chi connectivity index (χ3v) is 11.4. The van der Waals surface area contributed by atoms with Crippen LogP contribution in [0.3, 0.4) is 0 Å². The highest BCUT2D eigenvalue weighted by molar-refractivity contribution is 5.90. The number of aromatic hydroxyl groups is 1. The van der Waals surface area contributed by atoms with Gasteiger partial charge in [-0.05, 0) is 117 Å². The van der Waals surface area contributed by atoms with Crippen molar-refractivity contribution in [2.24, 2.45) is 40.1 Å². The van der Waals surface area contributed by atoms with Crippen molar-refractivity contribution >= 4 is 11.7 Å². The van der Waals surface area contributed by atoms with Crippen LogP contribution >= 0.6 is 0 Å². The summed E-state index contributed by atoms with van der Waals surface area (Å²) < 4.78 is 12.6. The topological polar surface area (TPSA) is 140 Å². The summed E-state index contributed by atoms with van der Waals surface area (Å²) in [5.41, 5.74) is 16.6. The third kappa shape index (κ3) is 11.2. The van der Waals surface area contributed by atoms with Crippen LogP contribution in [0.25, 0.3) is 0 Å². The van der Waals surface area contributed by atoms with Crippen molar-refractivity contribution in [2.75, 3.05) is 20.3 Å². The molecule has 4 aliphatic carbocycles. The lowest BCUT2D eigenvalue weighted by Gasteiger charge is -2.33. The molecular weight excluding hydrogens is 675 g/mol. The molecule has 0 amide bonds. The van der Waals surface area contributed by atoms with Gasteiger partial charge in [0.2, 0.25) is 0 Å². The Morgan fingerprint density at radius 1 is 1.04 bits per heavy atom. The number of aliphatic hydroxyl groups excluding tert-OH is 1. The summed E-state index contributed by atoms with van der Waals surface area (Å²) in [6.45, 7) is 4.64. The second-order valence-electron chi connectivity index (χ2n) is 15.7. The number of allylic oxidation sites excluding steroid dienone is 1. The Morgan fingerprint density at radius 2 is 1.81 bits per heavy atom. The summed E-state index contributed by atoms with van der Waals surface area (Å²) in [7, 11) is 1.73. The highest BCUT2D eigenvalue weighted by Crippen LogP contribution is 2.47. The monoisotopic (exact) mass is 735 g/mol. The lowest BCUT2D eigenvalue weighted by Crippen LogP contribution is -2.33. The van der Waals surface area contributed by atoms with Gasteiger partial charge in [-0.1, -0.05) is 68.4 Å². The summed E-state index contributed by atoms with van der Waals surface area (Å²) >= 11 is 0. The van der Waals surface area contributed by atoms with Crippen LogP contribution in [-0.2, 0) is 22.4 Å². The first kappa shape index (κ1) is 40.9. The van der Waals surface area contributed by atoms with Crippen LogP contribution in [0.5, 0.6) is 11.5 Å². The zero-order valence-electron chi connectivity index (χ0n) is 32.6. The summed E-state index contributed by atoms with van der Waals surface area (Å²) in [5.74, 6) is 14.9. The predicted octanol–water partition coefficient (Wildman–Crippen LogP) is 7.37. The number of carbonyl (C=O) groups is 1. The molecule has 4 aliphatic rings. The molecule has 54 heavy (non-hydrogen) atoms. The number of rotatable bonds is 14. The van der Waals surface area contributed by atoms with Crippen LogP contribution in [0.4, 0.5) is 0 Å². The van der Waals surface area contributed by atoms with Crippen LogP contribution in [-0.4, -0.2) is 54.4 Å². The third-order valence-electron chi connectivity index (χ3n) is 11.4. The first-order valence-electron chi connectivity index (χ1n) is 20.2. The fourth-order valence-corrected chi connectivity index (χ4v) is 8.60. The number of aliphatic hydroxyl groups is 1. The van der Waals surface area contributed by atoms with Crippen LogP contribution in [0, 0.1) is 47.4 Å². The predicted molar refractivity (Wildman–Crippen MR) is 216 cm³/mol. The van der Waals surface area contributed by atoms with E-state index in [1.165, 1.54) is 0 Å². The molecule has 1 saturated carbocycles. The van der Waals surface area contributed by atoms with Gasteiger partial charge in [-0.15, -0.1) is 5.92 Å². The Kier molecular flexibility index (Phi) is 15.5. The van der Waals surface area contributed by atoms with Gasteiger partial charge in [-0.25, -0.2) is 4.99 Å². The Bertz CT molecular complexity index is 1740. The van der Waals surface area contributed by atoms with Gasteiger partial charge in [0.1, 0.15) is 0 Å². The van der Waals surface area contributed by atoms with E-state index in [4.69, 9.17) is 25.9 Å². The minimum absolute atomic E-state index is 0.0254. The average molecular weight is 736 g/mol. The second-order valence-corrected chi connectivity index (χ2v) is 15.7. The number of phenolic OH excluding ortho intramolecular Hbond substituents is 1.